The fraction of sp³-hybridized carbons (Fsp3) is 0.636. The first kappa shape index (κ1) is 11.1. The van der Waals surface area contributed by atoms with Crippen LogP contribution in [0.4, 0.5) is 0 Å². The Morgan fingerprint density at radius 3 is 3.12 bits per heavy atom. The maximum atomic E-state index is 12.0. The van der Waals surface area contributed by atoms with Gasteiger partial charge in [-0.15, -0.1) is 0 Å². The molecule has 1 aromatic rings. The number of nitrogens with one attached hydrogen (secondary N) is 1. The quantitative estimate of drug-likeness (QED) is 0.810. The average molecular weight is 223 g/mol. The van der Waals surface area contributed by atoms with Crippen LogP contribution in [0.3, 0.4) is 0 Å². The molecule has 1 aliphatic heterocycles. The van der Waals surface area contributed by atoms with Gasteiger partial charge in [0.05, 0.1) is 12.7 Å². The Morgan fingerprint density at radius 1 is 1.69 bits per heavy atom. The van der Waals surface area contributed by atoms with Gasteiger partial charge in [-0.1, -0.05) is 13.8 Å². The van der Waals surface area contributed by atoms with Crippen molar-refractivity contribution in [1.82, 2.24) is 14.9 Å². The summed E-state index contributed by atoms with van der Waals surface area (Å²) in [5, 5.41) is 0. The second-order valence-corrected chi connectivity index (χ2v) is 4.34. The van der Waals surface area contributed by atoms with Crippen molar-refractivity contribution in [1.29, 1.82) is 0 Å². The average Bonchev–Trinajstić information content (AvgIpc) is 2.81. The number of hydrogen-bond acceptors (Lipinski definition) is 3. The standard InChI is InChI=1S/C11H17N3O2/c1-8(2)9-7-14(5-6-16-9)11(15)10-12-3-4-13-10/h3-4,8-9H,5-7H2,1-2H3,(H,12,13). The predicted molar refractivity (Wildman–Crippen MR) is 59.1 cm³/mol. The second-order valence-electron chi connectivity index (χ2n) is 4.34. The van der Waals surface area contributed by atoms with E-state index in [1.165, 1.54) is 0 Å². The number of carbonyl (C=O) groups is 1. The van der Waals surface area contributed by atoms with Gasteiger partial charge in [-0.05, 0) is 5.92 Å². The fourth-order valence-corrected chi connectivity index (χ4v) is 1.80. The lowest BCUT2D eigenvalue weighted by Gasteiger charge is -2.34. The van der Waals surface area contributed by atoms with Crippen LogP contribution in [0.1, 0.15) is 24.5 Å². The van der Waals surface area contributed by atoms with E-state index in [4.69, 9.17) is 4.74 Å². The summed E-state index contributed by atoms with van der Waals surface area (Å²) in [6.07, 6.45) is 3.38. The molecule has 1 saturated heterocycles. The van der Waals surface area contributed by atoms with Gasteiger partial charge < -0.3 is 14.6 Å². The molecule has 0 radical (unpaired) electrons. The van der Waals surface area contributed by atoms with E-state index in [1.807, 2.05) is 0 Å². The molecular weight excluding hydrogens is 206 g/mol. The topological polar surface area (TPSA) is 58.2 Å². The minimum atomic E-state index is -0.0426. The number of imidazole rings is 1. The third-order valence-corrected chi connectivity index (χ3v) is 2.83. The number of nitrogens with zero attached hydrogens (tertiary/aromatic N) is 2. The van der Waals surface area contributed by atoms with Gasteiger partial charge in [-0.2, -0.15) is 0 Å². The highest BCUT2D eigenvalue weighted by Crippen LogP contribution is 2.14. The van der Waals surface area contributed by atoms with E-state index in [2.05, 4.69) is 23.8 Å². The number of carbonyl (C=O) groups excluding carboxylic acids is 1. The van der Waals surface area contributed by atoms with Gasteiger partial charge in [0, 0.05) is 25.5 Å². The van der Waals surface area contributed by atoms with Crippen LogP contribution in [0, 0.1) is 5.92 Å². The van der Waals surface area contributed by atoms with Gasteiger partial charge in [0.15, 0.2) is 5.82 Å². The molecule has 16 heavy (non-hydrogen) atoms. The Labute approximate surface area is 94.8 Å². The van der Waals surface area contributed by atoms with Crippen LogP contribution in [-0.2, 0) is 4.74 Å². The van der Waals surface area contributed by atoms with E-state index >= 15 is 0 Å². The molecule has 1 aliphatic rings. The van der Waals surface area contributed by atoms with Gasteiger partial charge in [0.1, 0.15) is 0 Å². The molecule has 1 fully saturated rings. The lowest BCUT2D eigenvalue weighted by molar-refractivity contribution is -0.0423. The van der Waals surface area contributed by atoms with Crippen molar-refractivity contribution in [3.63, 3.8) is 0 Å². The molecule has 5 nitrogen and oxygen atoms in total. The van der Waals surface area contributed by atoms with Crippen molar-refractivity contribution >= 4 is 5.91 Å². The highest BCUT2D eigenvalue weighted by atomic mass is 16.5. The zero-order valence-electron chi connectivity index (χ0n) is 9.64. The van der Waals surface area contributed by atoms with E-state index in [9.17, 15) is 4.79 Å². The molecule has 0 aliphatic carbocycles. The predicted octanol–water partition coefficient (Wildman–Crippen LogP) is 0.907. The van der Waals surface area contributed by atoms with Gasteiger partial charge in [0.2, 0.25) is 0 Å². The van der Waals surface area contributed by atoms with Crippen LogP contribution in [0.15, 0.2) is 12.4 Å². The second kappa shape index (κ2) is 4.65. The Bertz CT molecular complexity index is 348. The summed E-state index contributed by atoms with van der Waals surface area (Å²) in [6, 6.07) is 0. The first-order chi connectivity index (χ1) is 7.68. The van der Waals surface area contributed by atoms with E-state index in [0.29, 0.717) is 31.4 Å². The largest absolute Gasteiger partial charge is 0.374 e. The van der Waals surface area contributed by atoms with Gasteiger partial charge in [-0.3, -0.25) is 4.79 Å². The third-order valence-electron chi connectivity index (χ3n) is 2.83. The van der Waals surface area contributed by atoms with Gasteiger partial charge in [-0.25, -0.2) is 4.98 Å². The molecule has 2 rings (SSSR count). The SMILES string of the molecule is CC(C)C1CN(C(=O)c2ncc[nH]2)CCO1. The van der Waals surface area contributed by atoms with Crippen LogP contribution in [0.25, 0.3) is 0 Å². The Kier molecular flexibility index (Phi) is 3.24. The maximum absolute atomic E-state index is 12.0. The summed E-state index contributed by atoms with van der Waals surface area (Å²) in [5.41, 5.74) is 0. The van der Waals surface area contributed by atoms with Crippen molar-refractivity contribution in [2.75, 3.05) is 19.7 Å². The molecule has 0 spiro atoms. The van der Waals surface area contributed by atoms with Crippen LogP contribution >= 0.6 is 0 Å². The maximum Gasteiger partial charge on any atom is 0.289 e. The molecule has 1 atom stereocenters. The number of aromatic nitrogens is 2. The summed E-state index contributed by atoms with van der Waals surface area (Å²) < 4.78 is 5.61. The lowest BCUT2D eigenvalue weighted by atomic mass is 10.1. The fourth-order valence-electron chi connectivity index (χ4n) is 1.80. The number of morpholine rings is 1. The summed E-state index contributed by atoms with van der Waals surface area (Å²) in [5.74, 6) is 0.788. The third kappa shape index (κ3) is 2.24. The zero-order valence-corrected chi connectivity index (χ0v) is 9.64. The van der Waals surface area contributed by atoms with E-state index in [-0.39, 0.29) is 12.0 Å². The summed E-state index contributed by atoms with van der Waals surface area (Å²) in [7, 11) is 0. The number of amides is 1. The molecule has 0 saturated carbocycles. The number of H-pyrrole nitrogens is 1. The van der Waals surface area contributed by atoms with Crippen LogP contribution in [-0.4, -0.2) is 46.6 Å². The monoisotopic (exact) mass is 223 g/mol. The molecule has 1 amide bonds. The molecule has 2 heterocycles. The molecule has 1 unspecified atom stereocenters. The number of ether oxygens (including phenoxy) is 1. The van der Waals surface area contributed by atoms with Crippen molar-refractivity contribution < 1.29 is 9.53 Å². The van der Waals surface area contributed by atoms with Crippen molar-refractivity contribution in [2.45, 2.75) is 20.0 Å². The molecule has 0 bridgehead atoms. The van der Waals surface area contributed by atoms with Gasteiger partial charge >= 0.3 is 0 Å². The smallest absolute Gasteiger partial charge is 0.289 e. The Hall–Kier alpha value is -1.36. The van der Waals surface area contributed by atoms with Crippen LogP contribution < -0.4 is 0 Å². The van der Waals surface area contributed by atoms with Crippen LogP contribution in [0.5, 0.6) is 0 Å². The summed E-state index contributed by atoms with van der Waals surface area (Å²) >= 11 is 0. The lowest BCUT2D eigenvalue weighted by Crippen LogP contribution is -2.47. The van der Waals surface area contributed by atoms with Crippen LogP contribution in [0.2, 0.25) is 0 Å². The minimum absolute atomic E-state index is 0.0426. The number of hydrogen-bond donors (Lipinski definition) is 1. The summed E-state index contributed by atoms with van der Waals surface area (Å²) in [4.78, 5) is 20.6. The molecule has 1 N–H and O–H groups in total. The first-order valence-electron chi connectivity index (χ1n) is 5.58. The molecule has 5 heteroatoms. The van der Waals surface area contributed by atoms with E-state index in [0.717, 1.165) is 0 Å². The number of rotatable bonds is 2. The van der Waals surface area contributed by atoms with E-state index < -0.39 is 0 Å². The van der Waals surface area contributed by atoms with Crippen molar-refractivity contribution in [3.05, 3.63) is 18.2 Å². The molecule has 0 aromatic carbocycles. The Balaban J connectivity index is 2.02. The highest BCUT2D eigenvalue weighted by molar-refractivity contribution is 5.90. The Morgan fingerprint density at radius 2 is 2.50 bits per heavy atom. The number of aromatic amines is 1. The molecular formula is C11H17N3O2. The normalized spacial score (nSPS) is 21.4. The van der Waals surface area contributed by atoms with Crippen molar-refractivity contribution in [2.24, 2.45) is 5.92 Å². The van der Waals surface area contributed by atoms with Crippen molar-refractivity contribution in [3.8, 4) is 0 Å². The molecule has 1 aromatic heterocycles. The minimum Gasteiger partial charge on any atom is -0.374 e. The molecule has 88 valence electrons. The van der Waals surface area contributed by atoms with Gasteiger partial charge in [0.25, 0.3) is 5.91 Å². The zero-order chi connectivity index (χ0) is 11.5. The summed E-state index contributed by atoms with van der Waals surface area (Å²) in [6.45, 7) is 6.10. The van der Waals surface area contributed by atoms with E-state index in [1.54, 1.807) is 17.3 Å². The highest BCUT2D eigenvalue weighted by Gasteiger charge is 2.27. The first-order valence-corrected chi connectivity index (χ1v) is 5.58.